The molecule has 150 valence electrons. The van der Waals surface area contributed by atoms with Crippen LogP contribution >= 0.6 is 0 Å². The van der Waals surface area contributed by atoms with E-state index in [1.165, 1.54) is 0 Å². The third kappa shape index (κ3) is 6.65. The van der Waals surface area contributed by atoms with Crippen LogP contribution in [0.3, 0.4) is 0 Å². The molecular weight excluding hydrogens is 360 g/mol. The number of guanidine groups is 1. The zero-order valence-corrected chi connectivity index (χ0v) is 17.4. The molecule has 1 aromatic rings. The second kappa shape index (κ2) is 11.1. The quantitative estimate of drug-likeness (QED) is 0.488. The Morgan fingerprint density at radius 1 is 1.33 bits per heavy atom. The van der Waals surface area contributed by atoms with Gasteiger partial charge in [0.05, 0.1) is 0 Å². The number of hydrogen-bond donors (Lipinski definition) is 3. The van der Waals surface area contributed by atoms with Crippen LogP contribution in [0.2, 0.25) is 0 Å². The average molecular weight is 393 g/mol. The van der Waals surface area contributed by atoms with E-state index in [1.54, 1.807) is 14.1 Å². The third-order valence-electron chi connectivity index (χ3n) is 4.97. The molecule has 1 aliphatic carbocycles. The highest BCUT2D eigenvalue weighted by molar-refractivity contribution is 7.85. The van der Waals surface area contributed by atoms with Gasteiger partial charge in [-0.15, -0.1) is 0 Å². The van der Waals surface area contributed by atoms with E-state index in [-0.39, 0.29) is 5.91 Å². The topological polar surface area (TPSA) is 82.6 Å². The summed E-state index contributed by atoms with van der Waals surface area (Å²) in [4.78, 5) is 16.1. The fourth-order valence-corrected chi connectivity index (χ4v) is 4.82. The van der Waals surface area contributed by atoms with Crippen molar-refractivity contribution in [3.05, 3.63) is 35.4 Å². The summed E-state index contributed by atoms with van der Waals surface area (Å²) in [7, 11) is 2.69. The zero-order valence-electron chi connectivity index (χ0n) is 16.6. The molecule has 0 aliphatic heterocycles. The summed E-state index contributed by atoms with van der Waals surface area (Å²) in [6.45, 7) is 2.72. The van der Waals surface area contributed by atoms with Crippen molar-refractivity contribution < 1.29 is 9.00 Å². The van der Waals surface area contributed by atoms with Gasteiger partial charge in [-0.3, -0.25) is 14.0 Å². The summed E-state index contributed by atoms with van der Waals surface area (Å²) in [6.07, 6.45) is 5.00. The molecule has 1 saturated carbocycles. The molecule has 2 rings (SSSR count). The van der Waals surface area contributed by atoms with E-state index in [9.17, 15) is 9.00 Å². The van der Waals surface area contributed by atoms with E-state index < -0.39 is 10.8 Å². The highest BCUT2D eigenvalue weighted by Crippen LogP contribution is 2.22. The molecule has 0 heterocycles. The van der Waals surface area contributed by atoms with Crippen LogP contribution in [0.1, 0.15) is 48.5 Å². The maximum absolute atomic E-state index is 12.1. The summed E-state index contributed by atoms with van der Waals surface area (Å²) >= 11 is 0. The number of nitrogens with zero attached hydrogens (tertiary/aromatic N) is 1. The van der Waals surface area contributed by atoms with Gasteiger partial charge in [0.25, 0.3) is 5.91 Å². The number of hydrogen-bond acceptors (Lipinski definition) is 3. The van der Waals surface area contributed by atoms with Crippen LogP contribution in [0.15, 0.2) is 29.3 Å². The van der Waals surface area contributed by atoms with Crippen molar-refractivity contribution in [1.82, 2.24) is 16.0 Å². The zero-order chi connectivity index (χ0) is 19.6. The van der Waals surface area contributed by atoms with Crippen LogP contribution in [0.5, 0.6) is 0 Å². The minimum absolute atomic E-state index is 0.0707. The summed E-state index contributed by atoms with van der Waals surface area (Å²) < 4.78 is 12.1. The lowest BCUT2D eigenvalue weighted by Gasteiger charge is -2.30. The van der Waals surface area contributed by atoms with Crippen LogP contribution in [-0.2, 0) is 17.2 Å². The number of benzene rings is 1. The first kappa shape index (κ1) is 21.4. The van der Waals surface area contributed by atoms with Gasteiger partial charge in [-0.2, -0.15) is 0 Å². The number of aliphatic imine (C=N–C) groups is 1. The largest absolute Gasteiger partial charge is 0.356 e. The molecule has 3 N–H and O–H groups in total. The smallest absolute Gasteiger partial charge is 0.251 e. The first-order valence-electron chi connectivity index (χ1n) is 9.72. The fraction of sp³-hybridized carbons (Fsp3) is 0.600. The van der Waals surface area contributed by atoms with Crippen molar-refractivity contribution in [2.24, 2.45) is 4.99 Å². The van der Waals surface area contributed by atoms with Crippen molar-refractivity contribution in [3.8, 4) is 0 Å². The SMILES string of the molecule is CCS(=O)C1CCCC(NC(=NC)NCCc2cccc(C(=O)NC)c2)C1. The molecule has 0 aromatic heterocycles. The van der Waals surface area contributed by atoms with Gasteiger partial charge in [-0.25, -0.2) is 0 Å². The maximum Gasteiger partial charge on any atom is 0.251 e. The number of carbonyl (C=O) groups excluding carboxylic acids is 1. The lowest BCUT2D eigenvalue weighted by Crippen LogP contribution is -2.47. The minimum atomic E-state index is -0.721. The van der Waals surface area contributed by atoms with E-state index >= 15 is 0 Å². The Kier molecular flexibility index (Phi) is 8.78. The Labute approximate surface area is 165 Å². The first-order valence-corrected chi connectivity index (χ1v) is 11.1. The molecule has 1 aromatic carbocycles. The van der Waals surface area contributed by atoms with Gasteiger partial charge in [0, 0.05) is 54.0 Å². The minimum Gasteiger partial charge on any atom is -0.356 e. The lowest BCUT2D eigenvalue weighted by molar-refractivity contribution is 0.0963. The number of carbonyl (C=O) groups is 1. The molecular formula is C20H32N4O2S. The number of amides is 1. The molecule has 27 heavy (non-hydrogen) atoms. The normalized spacial score (nSPS) is 21.4. The second-order valence-corrected chi connectivity index (χ2v) is 8.83. The molecule has 0 bridgehead atoms. The highest BCUT2D eigenvalue weighted by atomic mass is 32.2. The standard InChI is InChI=1S/C20H32N4O2S/c1-4-27(26)18-10-6-9-17(14-18)24-20(22-3)23-12-11-15-7-5-8-16(13-15)19(25)21-2/h5,7-8,13,17-18H,4,6,9-12,14H2,1-3H3,(H,21,25)(H2,22,23,24). The summed E-state index contributed by atoms with van der Waals surface area (Å²) in [5, 5.41) is 9.77. The predicted molar refractivity (Wildman–Crippen MR) is 113 cm³/mol. The number of rotatable bonds is 7. The van der Waals surface area contributed by atoms with Gasteiger partial charge in [0.2, 0.25) is 0 Å². The average Bonchev–Trinajstić information content (AvgIpc) is 2.72. The van der Waals surface area contributed by atoms with Crippen LogP contribution in [0.4, 0.5) is 0 Å². The Bertz CT molecular complexity index is 678. The van der Waals surface area contributed by atoms with E-state index in [0.717, 1.165) is 55.9 Å². The molecule has 0 spiro atoms. The van der Waals surface area contributed by atoms with E-state index in [0.29, 0.717) is 16.9 Å². The van der Waals surface area contributed by atoms with Crippen LogP contribution in [-0.4, -0.2) is 53.8 Å². The molecule has 1 amide bonds. The molecule has 3 unspecified atom stereocenters. The van der Waals surface area contributed by atoms with E-state index in [2.05, 4.69) is 20.9 Å². The molecule has 7 heteroatoms. The van der Waals surface area contributed by atoms with E-state index in [1.807, 2.05) is 31.2 Å². The summed E-state index contributed by atoms with van der Waals surface area (Å²) in [5.41, 5.74) is 1.78. The summed E-state index contributed by atoms with van der Waals surface area (Å²) in [5.74, 6) is 1.45. The predicted octanol–water partition coefficient (Wildman–Crippen LogP) is 1.83. The Balaban J connectivity index is 1.82. The summed E-state index contributed by atoms with van der Waals surface area (Å²) in [6, 6.07) is 7.99. The van der Waals surface area contributed by atoms with Crippen molar-refractivity contribution >= 4 is 22.7 Å². The van der Waals surface area contributed by atoms with Gasteiger partial charge in [0.15, 0.2) is 5.96 Å². The van der Waals surface area contributed by atoms with Crippen molar-refractivity contribution in [1.29, 1.82) is 0 Å². The lowest BCUT2D eigenvalue weighted by atomic mass is 9.95. The fourth-order valence-electron chi connectivity index (χ4n) is 3.48. The van der Waals surface area contributed by atoms with Crippen molar-refractivity contribution in [2.45, 2.75) is 50.3 Å². The maximum atomic E-state index is 12.1. The van der Waals surface area contributed by atoms with Crippen LogP contribution < -0.4 is 16.0 Å². The van der Waals surface area contributed by atoms with E-state index in [4.69, 9.17) is 0 Å². The second-order valence-electron chi connectivity index (χ2n) is 6.83. The van der Waals surface area contributed by atoms with Gasteiger partial charge < -0.3 is 16.0 Å². The first-order chi connectivity index (χ1) is 13.1. The monoisotopic (exact) mass is 392 g/mol. The Morgan fingerprint density at radius 3 is 2.85 bits per heavy atom. The van der Waals surface area contributed by atoms with Crippen molar-refractivity contribution in [2.75, 3.05) is 26.4 Å². The van der Waals surface area contributed by atoms with Gasteiger partial charge >= 0.3 is 0 Å². The third-order valence-corrected chi connectivity index (χ3v) is 6.71. The van der Waals surface area contributed by atoms with Crippen molar-refractivity contribution in [3.63, 3.8) is 0 Å². The van der Waals surface area contributed by atoms with Gasteiger partial charge in [0.1, 0.15) is 0 Å². The molecule has 1 aliphatic rings. The molecule has 0 radical (unpaired) electrons. The van der Waals surface area contributed by atoms with Gasteiger partial charge in [-0.05, 0) is 43.4 Å². The molecule has 6 nitrogen and oxygen atoms in total. The molecule has 1 fully saturated rings. The van der Waals surface area contributed by atoms with Gasteiger partial charge in [-0.1, -0.05) is 25.5 Å². The highest BCUT2D eigenvalue weighted by Gasteiger charge is 2.25. The van der Waals surface area contributed by atoms with Crippen LogP contribution in [0.25, 0.3) is 0 Å². The number of nitrogens with one attached hydrogen (secondary N) is 3. The molecule has 0 saturated heterocycles. The van der Waals surface area contributed by atoms with Crippen LogP contribution in [0, 0.1) is 0 Å². The Morgan fingerprint density at radius 2 is 2.15 bits per heavy atom. The molecule has 3 atom stereocenters. The Hall–Kier alpha value is -1.89.